The molecule has 0 aromatic carbocycles. The second-order valence-electron chi connectivity index (χ2n) is 3.32. The summed E-state index contributed by atoms with van der Waals surface area (Å²) in [7, 11) is 0. The van der Waals surface area contributed by atoms with Crippen molar-refractivity contribution in [1.29, 1.82) is 0 Å². The molecule has 0 spiro atoms. The average molecular weight is 262 g/mol. The van der Waals surface area contributed by atoms with Gasteiger partial charge in [-0.1, -0.05) is 17.0 Å². The molecule has 5 nitrogen and oxygen atoms in total. The SMILES string of the molecule is O=C(NCc1ccno1)c1csc(C#CCO)c1. The second kappa shape index (κ2) is 6.00. The van der Waals surface area contributed by atoms with E-state index in [9.17, 15) is 4.79 Å². The number of carbonyl (C=O) groups excluding carboxylic acids is 1. The van der Waals surface area contributed by atoms with Gasteiger partial charge in [0.05, 0.1) is 23.2 Å². The van der Waals surface area contributed by atoms with E-state index in [0.29, 0.717) is 17.9 Å². The maximum Gasteiger partial charge on any atom is 0.252 e. The molecule has 2 heterocycles. The smallest absolute Gasteiger partial charge is 0.252 e. The fraction of sp³-hybridized carbons (Fsp3) is 0.167. The largest absolute Gasteiger partial charge is 0.384 e. The zero-order valence-electron chi connectivity index (χ0n) is 9.34. The van der Waals surface area contributed by atoms with Crippen molar-refractivity contribution in [2.75, 3.05) is 6.61 Å². The second-order valence-corrected chi connectivity index (χ2v) is 4.23. The summed E-state index contributed by atoms with van der Waals surface area (Å²) in [5.74, 6) is 5.68. The number of amides is 1. The van der Waals surface area contributed by atoms with Gasteiger partial charge in [-0.05, 0) is 6.07 Å². The van der Waals surface area contributed by atoms with Gasteiger partial charge in [0.2, 0.25) is 0 Å². The molecule has 0 radical (unpaired) electrons. The first kappa shape index (κ1) is 12.4. The third-order valence-corrected chi connectivity index (χ3v) is 2.91. The maximum absolute atomic E-state index is 11.8. The van der Waals surface area contributed by atoms with Gasteiger partial charge in [-0.2, -0.15) is 0 Å². The van der Waals surface area contributed by atoms with Crippen LogP contribution >= 0.6 is 11.3 Å². The summed E-state index contributed by atoms with van der Waals surface area (Å²) in [5.41, 5.74) is 0.543. The fourth-order valence-electron chi connectivity index (χ4n) is 1.25. The van der Waals surface area contributed by atoms with Crippen LogP contribution in [0.2, 0.25) is 0 Å². The van der Waals surface area contributed by atoms with Crippen LogP contribution in [0.5, 0.6) is 0 Å². The van der Waals surface area contributed by atoms with Crippen molar-refractivity contribution in [2.45, 2.75) is 6.54 Å². The van der Waals surface area contributed by atoms with Crippen molar-refractivity contribution in [3.05, 3.63) is 39.9 Å². The molecule has 0 fully saturated rings. The maximum atomic E-state index is 11.8. The minimum Gasteiger partial charge on any atom is -0.384 e. The number of aliphatic hydroxyl groups excluding tert-OH is 1. The number of nitrogens with one attached hydrogen (secondary N) is 1. The Labute approximate surface area is 107 Å². The van der Waals surface area contributed by atoms with E-state index in [1.807, 2.05) is 0 Å². The highest BCUT2D eigenvalue weighted by molar-refractivity contribution is 7.10. The molecule has 2 rings (SSSR count). The van der Waals surface area contributed by atoms with Crippen molar-refractivity contribution in [2.24, 2.45) is 0 Å². The Balaban J connectivity index is 1.94. The molecular formula is C12H10N2O3S. The van der Waals surface area contributed by atoms with Gasteiger partial charge in [0.15, 0.2) is 5.76 Å². The number of thiophene rings is 1. The lowest BCUT2D eigenvalue weighted by Crippen LogP contribution is -2.21. The Bertz CT molecular complexity index is 578. The number of hydrogen-bond acceptors (Lipinski definition) is 5. The molecule has 0 aliphatic heterocycles. The molecule has 6 heteroatoms. The molecule has 0 aliphatic carbocycles. The molecule has 0 atom stereocenters. The van der Waals surface area contributed by atoms with E-state index in [4.69, 9.17) is 9.63 Å². The molecule has 18 heavy (non-hydrogen) atoms. The predicted octanol–water partition coefficient (Wildman–Crippen LogP) is 1.01. The normalized spacial score (nSPS) is 9.61. The van der Waals surface area contributed by atoms with Crippen LogP contribution in [0, 0.1) is 11.8 Å². The Hall–Kier alpha value is -2.10. The van der Waals surface area contributed by atoms with Gasteiger partial charge in [0.25, 0.3) is 5.91 Å². The molecule has 92 valence electrons. The first-order chi connectivity index (χ1) is 8.79. The van der Waals surface area contributed by atoms with Crippen molar-refractivity contribution >= 4 is 17.2 Å². The molecule has 0 aliphatic rings. The van der Waals surface area contributed by atoms with E-state index < -0.39 is 0 Å². The number of nitrogens with zero attached hydrogens (tertiary/aromatic N) is 1. The van der Waals surface area contributed by atoms with E-state index in [0.717, 1.165) is 4.88 Å². The highest BCUT2D eigenvalue weighted by atomic mass is 32.1. The highest BCUT2D eigenvalue weighted by Gasteiger charge is 2.08. The Kier molecular flexibility index (Phi) is 4.12. The van der Waals surface area contributed by atoms with Crippen LogP contribution in [0.15, 0.2) is 28.2 Å². The molecule has 0 bridgehead atoms. The first-order valence-electron chi connectivity index (χ1n) is 5.15. The molecule has 2 N–H and O–H groups in total. The lowest BCUT2D eigenvalue weighted by atomic mass is 10.3. The van der Waals surface area contributed by atoms with Gasteiger partial charge >= 0.3 is 0 Å². The van der Waals surface area contributed by atoms with Gasteiger partial charge in [-0.25, -0.2) is 0 Å². The van der Waals surface area contributed by atoms with Crippen LogP contribution in [0.3, 0.4) is 0 Å². The number of hydrogen-bond donors (Lipinski definition) is 2. The first-order valence-corrected chi connectivity index (χ1v) is 6.03. The van der Waals surface area contributed by atoms with Crippen LogP contribution in [0.4, 0.5) is 0 Å². The average Bonchev–Trinajstić information content (AvgIpc) is 3.04. The fourth-order valence-corrected chi connectivity index (χ4v) is 2.01. The summed E-state index contributed by atoms with van der Waals surface area (Å²) in [6.45, 7) is 0.108. The standard InChI is InChI=1S/C12H10N2O3S/c15-5-1-2-11-6-9(8-18-11)12(16)13-7-10-3-4-14-17-10/h3-4,6,8,15H,5,7H2,(H,13,16). The molecule has 0 unspecified atom stereocenters. The van der Waals surface area contributed by atoms with Crippen LogP contribution in [-0.2, 0) is 6.54 Å². The zero-order valence-corrected chi connectivity index (χ0v) is 10.2. The number of rotatable bonds is 3. The van der Waals surface area contributed by atoms with E-state index >= 15 is 0 Å². The lowest BCUT2D eigenvalue weighted by molar-refractivity contribution is 0.0947. The van der Waals surface area contributed by atoms with Gasteiger partial charge in [-0.15, -0.1) is 11.3 Å². The van der Waals surface area contributed by atoms with Crippen LogP contribution in [0.1, 0.15) is 21.0 Å². The number of aromatic nitrogens is 1. The molecule has 0 saturated carbocycles. The third-order valence-electron chi connectivity index (χ3n) is 2.07. The lowest BCUT2D eigenvalue weighted by Gasteiger charge is -1.99. The topological polar surface area (TPSA) is 75.4 Å². The Morgan fingerprint density at radius 2 is 2.50 bits per heavy atom. The van der Waals surface area contributed by atoms with Gasteiger partial charge in [0.1, 0.15) is 6.61 Å². The van der Waals surface area contributed by atoms with Crippen molar-refractivity contribution < 1.29 is 14.4 Å². The molecule has 2 aromatic heterocycles. The summed E-state index contributed by atoms with van der Waals surface area (Å²) in [6, 6.07) is 3.37. The Morgan fingerprint density at radius 1 is 1.61 bits per heavy atom. The highest BCUT2D eigenvalue weighted by Crippen LogP contribution is 2.13. The predicted molar refractivity (Wildman–Crippen MR) is 66.0 cm³/mol. The van der Waals surface area contributed by atoms with E-state index in [-0.39, 0.29) is 12.5 Å². The number of carbonyl (C=O) groups is 1. The molecule has 2 aromatic rings. The minimum absolute atomic E-state index is 0.190. The van der Waals surface area contributed by atoms with Crippen LogP contribution in [-0.4, -0.2) is 22.8 Å². The molecule has 1 amide bonds. The summed E-state index contributed by atoms with van der Waals surface area (Å²) in [6.07, 6.45) is 1.52. The summed E-state index contributed by atoms with van der Waals surface area (Å²) < 4.78 is 4.87. The van der Waals surface area contributed by atoms with E-state index in [1.165, 1.54) is 17.5 Å². The zero-order chi connectivity index (χ0) is 12.8. The van der Waals surface area contributed by atoms with E-state index in [2.05, 4.69) is 22.3 Å². The van der Waals surface area contributed by atoms with Gasteiger partial charge in [0, 0.05) is 11.4 Å². The summed E-state index contributed by atoms with van der Waals surface area (Å²) in [5, 5.41) is 16.5. The summed E-state index contributed by atoms with van der Waals surface area (Å²) in [4.78, 5) is 12.5. The molecular weight excluding hydrogens is 252 g/mol. The van der Waals surface area contributed by atoms with Gasteiger partial charge in [-0.3, -0.25) is 4.79 Å². The summed E-state index contributed by atoms with van der Waals surface area (Å²) >= 11 is 1.36. The van der Waals surface area contributed by atoms with Crippen LogP contribution < -0.4 is 5.32 Å². The monoisotopic (exact) mass is 262 g/mol. The minimum atomic E-state index is -0.195. The van der Waals surface area contributed by atoms with Crippen molar-refractivity contribution in [3.63, 3.8) is 0 Å². The van der Waals surface area contributed by atoms with Gasteiger partial charge < -0.3 is 14.9 Å². The Morgan fingerprint density at radius 3 is 3.22 bits per heavy atom. The number of aliphatic hydroxyl groups is 1. The molecule has 0 saturated heterocycles. The van der Waals surface area contributed by atoms with E-state index in [1.54, 1.807) is 17.5 Å². The quantitative estimate of drug-likeness (QED) is 0.809. The van der Waals surface area contributed by atoms with Crippen molar-refractivity contribution in [3.8, 4) is 11.8 Å². The third kappa shape index (κ3) is 3.20. The van der Waals surface area contributed by atoms with Crippen molar-refractivity contribution in [1.82, 2.24) is 10.5 Å². The van der Waals surface area contributed by atoms with Crippen LogP contribution in [0.25, 0.3) is 0 Å².